The van der Waals surface area contributed by atoms with Crippen LogP contribution in [0.25, 0.3) is 0 Å². The van der Waals surface area contributed by atoms with Gasteiger partial charge in [0.15, 0.2) is 0 Å². The topological polar surface area (TPSA) is 148 Å². The zero-order chi connectivity index (χ0) is 39.1. The number of hydrogen-bond acceptors (Lipinski definition) is 9. The molecule has 1 saturated carbocycles. The molecule has 11 nitrogen and oxygen atoms in total. The van der Waals surface area contributed by atoms with E-state index in [4.69, 9.17) is 9.47 Å². The van der Waals surface area contributed by atoms with E-state index in [9.17, 15) is 27.6 Å². The molecule has 13 heteroatoms. The molecule has 0 radical (unpaired) electrons. The molecule has 0 atom stereocenters. The van der Waals surface area contributed by atoms with Crippen LogP contribution in [-0.4, -0.2) is 63.3 Å². The summed E-state index contributed by atoms with van der Waals surface area (Å²) in [5, 5.41) is 6.42. The molecular formula is C42H47N3O8S2. The number of fused-ring (bicyclic) bond motifs is 1. The molecule has 0 aliphatic heterocycles. The van der Waals surface area contributed by atoms with E-state index in [2.05, 4.69) is 10.6 Å². The van der Waals surface area contributed by atoms with E-state index in [1.54, 1.807) is 31.2 Å². The van der Waals surface area contributed by atoms with Gasteiger partial charge in [-0.15, -0.1) is 11.3 Å². The van der Waals surface area contributed by atoms with E-state index < -0.39 is 15.9 Å². The molecule has 2 aliphatic carbocycles. The summed E-state index contributed by atoms with van der Waals surface area (Å²) in [6, 6.07) is 20.8. The van der Waals surface area contributed by atoms with Crippen molar-refractivity contribution in [3.8, 4) is 0 Å². The summed E-state index contributed by atoms with van der Waals surface area (Å²) >= 11 is 1.40. The number of hydrogen-bond donors (Lipinski definition) is 2. The number of anilines is 2. The van der Waals surface area contributed by atoms with Crippen LogP contribution in [0.2, 0.25) is 0 Å². The number of amides is 2. The summed E-state index contributed by atoms with van der Waals surface area (Å²) in [4.78, 5) is 52.5. The number of aryl methyl sites for hydroxylation is 3. The van der Waals surface area contributed by atoms with Gasteiger partial charge in [0.2, 0.25) is 10.0 Å². The molecule has 2 amide bonds. The number of nitrogens with zero attached hydrogens (tertiary/aromatic N) is 1. The Morgan fingerprint density at radius 1 is 0.782 bits per heavy atom. The van der Waals surface area contributed by atoms with Gasteiger partial charge in [-0.2, -0.15) is 4.31 Å². The third kappa shape index (κ3) is 9.17. The number of thiophene rings is 1. The summed E-state index contributed by atoms with van der Waals surface area (Å²) in [5.74, 6) is -1.68. The van der Waals surface area contributed by atoms with Crippen LogP contribution in [-0.2, 0) is 50.0 Å². The van der Waals surface area contributed by atoms with Crippen molar-refractivity contribution >= 4 is 55.8 Å². The second-order valence-corrected chi connectivity index (χ2v) is 17.0. The molecule has 4 aromatic rings. The zero-order valence-corrected chi connectivity index (χ0v) is 33.0. The van der Waals surface area contributed by atoms with E-state index in [-0.39, 0.29) is 46.8 Å². The lowest BCUT2D eigenvalue weighted by Crippen LogP contribution is -2.43. The van der Waals surface area contributed by atoms with E-state index >= 15 is 0 Å². The second-order valence-electron chi connectivity index (χ2n) is 14.0. The van der Waals surface area contributed by atoms with E-state index in [0.29, 0.717) is 47.5 Å². The van der Waals surface area contributed by atoms with Crippen molar-refractivity contribution in [3.63, 3.8) is 0 Å². The first-order valence-corrected chi connectivity index (χ1v) is 21.0. The average Bonchev–Trinajstić information content (AvgIpc) is 3.58. The van der Waals surface area contributed by atoms with Gasteiger partial charge >= 0.3 is 11.9 Å². The molecule has 2 N–H and O–H groups in total. The predicted octanol–water partition coefficient (Wildman–Crippen LogP) is 7.45. The minimum absolute atomic E-state index is 0.0143. The highest BCUT2D eigenvalue weighted by Crippen LogP contribution is 2.39. The number of benzene rings is 3. The van der Waals surface area contributed by atoms with Crippen molar-refractivity contribution in [2.24, 2.45) is 5.92 Å². The van der Waals surface area contributed by atoms with Gasteiger partial charge in [-0.05, 0) is 123 Å². The molecule has 1 aromatic heterocycles. The molecule has 55 heavy (non-hydrogen) atoms. The van der Waals surface area contributed by atoms with Crippen LogP contribution in [0.1, 0.15) is 98.1 Å². The molecular weight excluding hydrogens is 739 g/mol. The fourth-order valence-electron chi connectivity index (χ4n) is 7.56. The summed E-state index contributed by atoms with van der Waals surface area (Å²) < 4.78 is 39.0. The molecule has 3 aromatic carbocycles. The lowest BCUT2D eigenvalue weighted by atomic mass is 9.86. The molecule has 0 bridgehead atoms. The number of nitrogens with one attached hydrogen (secondary N) is 2. The lowest BCUT2D eigenvalue weighted by molar-refractivity contribution is -0.146. The first kappa shape index (κ1) is 39.8. The Morgan fingerprint density at radius 3 is 2.07 bits per heavy atom. The van der Waals surface area contributed by atoms with Gasteiger partial charge in [0.05, 0.1) is 36.2 Å². The summed E-state index contributed by atoms with van der Waals surface area (Å²) in [5.41, 5.74) is 4.86. The summed E-state index contributed by atoms with van der Waals surface area (Å²) in [7, 11) is -1.22. The number of methoxy groups -OCH3 is 2. The van der Waals surface area contributed by atoms with Crippen LogP contribution >= 0.6 is 11.3 Å². The van der Waals surface area contributed by atoms with Crippen LogP contribution < -0.4 is 10.6 Å². The highest BCUT2D eigenvalue weighted by Gasteiger charge is 2.36. The summed E-state index contributed by atoms with van der Waals surface area (Å²) in [6.45, 7) is 2.04. The van der Waals surface area contributed by atoms with Crippen LogP contribution in [0.5, 0.6) is 0 Å². The molecule has 6 rings (SSSR count). The fraction of sp³-hybridized carbons (Fsp3) is 0.381. The molecule has 1 heterocycles. The molecule has 290 valence electrons. The van der Waals surface area contributed by atoms with Gasteiger partial charge in [-0.25, -0.2) is 13.2 Å². The second kappa shape index (κ2) is 17.7. The largest absolute Gasteiger partial charge is 0.469 e. The maximum absolute atomic E-state index is 13.9. The van der Waals surface area contributed by atoms with Gasteiger partial charge in [0.25, 0.3) is 11.8 Å². The van der Waals surface area contributed by atoms with Crippen molar-refractivity contribution in [1.29, 1.82) is 0 Å². The van der Waals surface area contributed by atoms with Crippen molar-refractivity contribution < 1.29 is 37.1 Å². The quantitative estimate of drug-likeness (QED) is 0.133. The Labute approximate surface area is 326 Å². The van der Waals surface area contributed by atoms with E-state index in [0.717, 1.165) is 60.1 Å². The standard InChI is InChI=1S/C42H47N3O8S2/c1-4-45(33-24-20-30(21-25-33)42(49)53-3)55(50,51)34-9-7-8-31(26-34)38(46)44-40-37(35-10-5-6-11-36(35)54-40)39(47)43-32-22-16-28(17-23-32)13-12-27-14-18-29(19-15-27)41(48)52-2/h7-9,14-19,22-23,26,30,33H,4-6,10-13,20-21,24-25H2,1-3H3,(H,43,47)(H,44,46). The van der Waals surface area contributed by atoms with Gasteiger partial charge in [-0.3, -0.25) is 14.4 Å². The maximum atomic E-state index is 13.9. The molecule has 1 fully saturated rings. The SMILES string of the molecule is CCN(C1CCC(C(=O)OC)CC1)S(=O)(=O)c1cccc(C(=O)Nc2sc3c(c2C(=O)Nc2ccc(CCc4ccc(C(=O)OC)cc4)cc2)CCCC3)c1. The average molecular weight is 786 g/mol. The Kier molecular flexibility index (Phi) is 12.8. The van der Waals surface area contributed by atoms with Gasteiger partial charge in [0.1, 0.15) is 5.00 Å². The highest BCUT2D eigenvalue weighted by molar-refractivity contribution is 7.89. The first-order valence-electron chi connectivity index (χ1n) is 18.8. The van der Waals surface area contributed by atoms with Crippen LogP contribution in [0.3, 0.4) is 0 Å². The zero-order valence-electron chi connectivity index (χ0n) is 31.4. The molecule has 0 saturated heterocycles. The fourth-order valence-corrected chi connectivity index (χ4v) is 10.6. The van der Waals surface area contributed by atoms with E-state index in [1.807, 2.05) is 36.4 Å². The Hall–Kier alpha value is -4.85. The third-order valence-corrected chi connectivity index (χ3v) is 13.8. The van der Waals surface area contributed by atoms with Crippen LogP contribution in [0.4, 0.5) is 10.7 Å². The van der Waals surface area contributed by atoms with Gasteiger partial charge in [-0.1, -0.05) is 37.3 Å². The minimum Gasteiger partial charge on any atom is -0.469 e. The third-order valence-electron chi connectivity index (χ3n) is 10.6. The molecule has 2 aliphatic rings. The number of rotatable bonds is 13. The Bertz CT molecular complexity index is 2140. The van der Waals surface area contributed by atoms with E-state index in [1.165, 1.54) is 42.0 Å². The number of sulfonamides is 1. The first-order chi connectivity index (χ1) is 26.5. The maximum Gasteiger partial charge on any atom is 0.337 e. The smallest absolute Gasteiger partial charge is 0.337 e. The lowest BCUT2D eigenvalue weighted by Gasteiger charge is -2.34. The molecule has 0 unspecified atom stereocenters. The van der Waals surface area contributed by atoms with Crippen molar-refractivity contribution in [2.75, 3.05) is 31.4 Å². The highest BCUT2D eigenvalue weighted by atomic mass is 32.2. The predicted molar refractivity (Wildman–Crippen MR) is 212 cm³/mol. The monoisotopic (exact) mass is 785 g/mol. The van der Waals surface area contributed by atoms with Crippen molar-refractivity contribution in [1.82, 2.24) is 4.31 Å². The van der Waals surface area contributed by atoms with Crippen LogP contribution in [0.15, 0.2) is 77.7 Å². The number of carbonyl (C=O) groups excluding carboxylic acids is 4. The number of carbonyl (C=O) groups is 4. The summed E-state index contributed by atoms with van der Waals surface area (Å²) in [6.07, 6.45) is 7.22. The number of ether oxygens (including phenoxy) is 2. The Morgan fingerprint density at radius 2 is 1.44 bits per heavy atom. The molecule has 0 spiro atoms. The normalized spacial score (nSPS) is 16.9. The van der Waals surface area contributed by atoms with Crippen molar-refractivity contribution in [2.45, 2.75) is 82.1 Å². The number of esters is 2. The van der Waals surface area contributed by atoms with Crippen LogP contribution in [0, 0.1) is 5.92 Å². The Balaban J connectivity index is 1.13. The van der Waals surface area contributed by atoms with Gasteiger partial charge < -0.3 is 20.1 Å². The minimum atomic E-state index is -3.95. The van der Waals surface area contributed by atoms with Crippen molar-refractivity contribution in [3.05, 3.63) is 111 Å². The van der Waals surface area contributed by atoms with Gasteiger partial charge in [0, 0.05) is 28.7 Å².